The van der Waals surface area contributed by atoms with Crippen LogP contribution in [-0.2, 0) is 0 Å². The Morgan fingerprint density at radius 2 is 0.551 bits per heavy atom. The summed E-state index contributed by atoms with van der Waals surface area (Å²) in [5.74, 6) is 15.6. The van der Waals surface area contributed by atoms with Gasteiger partial charge in [-0.1, -0.05) is 62.3 Å². The Labute approximate surface area is 479 Å². The van der Waals surface area contributed by atoms with Crippen LogP contribution in [0.1, 0.15) is 274 Å². The number of aliphatic hydroxyl groups excluding tert-OH is 6. The van der Waals surface area contributed by atoms with Crippen molar-refractivity contribution in [2.75, 3.05) is 19.8 Å². The smallest absolute Gasteiger partial charge is 0.0543 e. The third-order valence-corrected chi connectivity index (χ3v) is 30.6. The minimum absolute atomic E-state index is 0.0262. The largest absolute Gasteiger partial charge is 0.396 e. The first-order valence-corrected chi connectivity index (χ1v) is 35.1. The van der Waals surface area contributed by atoms with Crippen molar-refractivity contribution in [1.29, 1.82) is 0 Å². The topological polar surface area (TPSA) is 121 Å². The second-order valence-corrected chi connectivity index (χ2v) is 33.5. The average Bonchev–Trinajstić information content (AvgIpc) is 4.27. The van der Waals surface area contributed by atoms with Gasteiger partial charge in [0, 0.05) is 19.8 Å². The Balaban J connectivity index is 0.000000132. The first kappa shape index (κ1) is 60.9. The van der Waals surface area contributed by atoms with Crippen molar-refractivity contribution in [1.82, 2.24) is 0 Å². The minimum Gasteiger partial charge on any atom is -0.396 e. The van der Waals surface area contributed by atoms with Crippen molar-refractivity contribution in [2.24, 2.45) is 139 Å². The van der Waals surface area contributed by atoms with Crippen molar-refractivity contribution < 1.29 is 30.6 Å². The number of hydrogen-bond acceptors (Lipinski definition) is 6. The maximum absolute atomic E-state index is 10.2. The molecule has 6 N–H and O–H groups in total. The fourth-order valence-electron chi connectivity index (χ4n) is 26.5. The van der Waals surface area contributed by atoms with Gasteiger partial charge in [0.05, 0.1) is 18.3 Å². The monoisotopic (exact) mass is 1090 g/mol. The molecule has 12 saturated carbocycles. The van der Waals surface area contributed by atoms with Gasteiger partial charge in [0.15, 0.2) is 0 Å². The Bertz CT molecular complexity index is 1730. The second-order valence-electron chi connectivity index (χ2n) is 33.5. The highest BCUT2D eigenvalue weighted by molar-refractivity contribution is 5.13. The molecule has 0 heterocycles. The van der Waals surface area contributed by atoms with Crippen molar-refractivity contribution in [3.8, 4) is 0 Å². The molecule has 12 fully saturated rings. The summed E-state index contributed by atoms with van der Waals surface area (Å²) in [5, 5.41) is 58.3. The molecule has 12 aliphatic rings. The normalized spacial score (nSPS) is 52.0. The van der Waals surface area contributed by atoms with Gasteiger partial charge in [0.1, 0.15) is 0 Å². The molecule has 6 nitrogen and oxygen atoms in total. The molecule has 12 aliphatic carbocycles. The molecule has 0 saturated heterocycles. The van der Waals surface area contributed by atoms with E-state index in [4.69, 9.17) is 0 Å². The Morgan fingerprint density at radius 3 is 0.808 bits per heavy atom. The number of aliphatic hydroxyl groups is 6. The van der Waals surface area contributed by atoms with Crippen LogP contribution in [0, 0.1) is 139 Å². The van der Waals surface area contributed by atoms with Crippen molar-refractivity contribution in [3.05, 3.63) is 0 Å². The van der Waals surface area contributed by atoms with Crippen LogP contribution in [0.2, 0.25) is 0 Å². The molecule has 0 amide bonds. The minimum atomic E-state index is -0.0262. The summed E-state index contributed by atoms with van der Waals surface area (Å²) in [7, 11) is 0. The van der Waals surface area contributed by atoms with Crippen LogP contribution in [0.25, 0.3) is 0 Å². The molecule has 6 heteroatoms. The highest BCUT2D eigenvalue weighted by Gasteiger charge is 2.64. The lowest BCUT2D eigenvalue weighted by molar-refractivity contribution is -0.129. The summed E-state index contributed by atoms with van der Waals surface area (Å²) >= 11 is 0. The number of fused-ring (bicyclic) bond motifs is 15. The van der Waals surface area contributed by atoms with Gasteiger partial charge >= 0.3 is 0 Å². The maximum atomic E-state index is 10.2. The first-order valence-electron chi connectivity index (χ1n) is 35.1. The standard InChI is InChI=1S/3C24H42O2/c3*1-16(5-4-14-25)20-8-9-21-19-7-6-17-15-18(26)10-12-23(17,2)22(19)11-13-24(20,21)3/h3*16-22,25-26H,4-15H2,1-3H3/t3*16-,17-,18-,19+,20-,21+,22+,23+,24-/m111/s1. The fraction of sp³-hybridized carbons (Fsp3) is 1.00. The van der Waals surface area contributed by atoms with E-state index >= 15 is 0 Å². The predicted octanol–water partition coefficient (Wildman–Crippen LogP) is 16.2. The third kappa shape index (κ3) is 10.8. The van der Waals surface area contributed by atoms with Crippen LogP contribution in [-0.4, -0.2) is 68.8 Å². The second kappa shape index (κ2) is 24.3. The molecule has 0 aromatic carbocycles. The molecular weight excluding hydrogens is 961 g/mol. The molecule has 0 unspecified atom stereocenters. The first-order chi connectivity index (χ1) is 37.2. The van der Waals surface area contributed by atoms with E-state index in [-0.39, 0.29) is 18.3 Å². The zero-order valence-electron chi connectivity index (χ0n) is 52.3. The Hall–Kier alpha value is -0.240. The van der Waals surface area contributed by atoms with E-state index in [1.807, 2.05) is 0 Å². The summed E-state index contributed by atoms with van der Waals surface area (Å²) in [5.41, 5.74) is 3.16. The highest BCUT2D eigenvalue weighted by atomic mass is 16.3. The van der Waals surface area contributed by atoms with Crippen LogP contribution in [0.3, 0.4) is 0 Å². The van der Waals surface area contributed by atoms with Gasteiger partial charge in [-0.3, -0.25) is 0 Å². The number of hydrogen-bond donors (Lipinski definition) is 6. The third-order valence-electron chi connectivity index (χ3n) is 30.6. The summed E-state index contributed by atoms with van der Waals surface area (Å²) in [6, 6.07) is 0. The van der Waals surface area contributed by atoms with Crippen LogP contribution >= 0.6 is 0 Å². The lowest BCUT2D eigenvalue weighted by Crippen LogP contribution is -2.54. The zero-order chi connectivity index (χ0) is 55.6. The molecule has 0 spiro atoms. The lowest BCUT2D eigenvalue weighted by Gasteiger charge is -2.61. The predicted molar refractivity (Wildman–Crippen MR) is 320 cm³/mol. The van der Waals surface area contributed by atoms with Gasteiger partial charge in [-0.2, -0.15) is 0 Å². The van der Waals surface area contributed by atoms with Crippen LogP contribution in [0.5, 0.6) is 0 Å². The molecular formula is C72H126O6. The molecule has 0 radical (unpaired) electrons. The van der Waals surface area contributed by atoms with Gasteiger partial charge in [-0.15, -0.1) is 0 Å². The fourth-order valence-corrected chi connectivity index (χ4v) is 26.5. The van der Waals surface area contributed by atoms with Gasteiger partial charge < -0.3 is 30.6 Å². The molecule has 0 aromatic rings. The van der Waals surface area contributed by atoms with Crippen molar-refractivity contribution in [3.63, 3.8) is 0 Å². The van der Waals surface area contributed by atoms with Gasteiger partial charge in [0.2, 0.25) is 0 Å². The molecule has 0 aromatic heterocycles. The van der Waals surface area contributed by atoms with Crippen LogP contribution < -0.4 is 0 Å². The maximum Gasteiger partial charge on any atom is 0.0543 e. The molecule has 78 heavy (non-hydrogen) atoms. The summed E-state index contributed by atoms with van der Waals surface area (Å²) < 4.78 is 0. The van der Waals surface area contributed by atoms with Crippen molar-refractivity contribution >= 4 is 0 Å². The van der Waals surface area contributed by atoms with E-state index in [1.54, 1.807) is 0 Å². The molecule has 12 rings (SSSR count). The van der Waals surface area contributed by atoms with E-state index < -0.39 is 0 Å². The van der Waals surface area contributed by atoms with Gasteiger partial charge in [-0.25, -0.2) is 0 Å². The number of rotatable bonds is 12. The molecule has 0 bridgehead atoms. The Kier molecular flexibility index (Phi) is 18.9. The Morgan fingerprint density at radius 1 is 0.308 bits per heavy atom. The molecule has 450 valence electrons. The highest BCUT2D eigenvalue weighted by Crippen LogP contribution is 2.72. The summed E-state index contributed by atoms with van der Waals surface area (Å²) in [4.78, 5) is 0. The quantitative estimate of drug-likeness (QED) is 0.116. The van der Waals surface area contributed by atoms with Crippen molar-refractivity contribution in [2.45, 2.75) is 293 Å². The van der Waals surface area contributed by atoms with Gasteiger partial charge in [-0.05, 0) is 351 Å². The average molecular weight is 1090 g/mol. The summed E-state index contributed by atoms with van der Waals surface area (Å²) in [6.07, 6.45) is 42.2. The molecule has 0 aliphatic heterocycles. The molecule has 27 atom stereocenters. The van der Waals surface area contributed by atoms with E-state index in [2.05, 4.69) is 62.3 Å². The van der Waals surface area contributed by atoms with Crippen LogP contribution in [0.15, 0.2) is 0 Å². The van der Waals surface area contributed by atoms with E-state index in [0.717, 1.165) is 164 Å². The SMILES string of the molecule is C[C@H](CCCO)[C@H]1CC[C@H]2[C@@H]3CC[C@@H]4C[C@H](O)CC[C@]4(C)[C@H]3CC[C@]12C.C[C@H](CCCO)[C@H]1CC[C@H]2[C@@H]3CC[C@@H]4C[C@H](O)CC[C@]4(C)[C@H]3CC[C@]12C.C[C@H](CCCO)[C@H]1CC[C@H]2[C@@H]3CC[C@@H]4C[C@H](O)CC[C@]4(C)[C@H]3CC[C@]12C. The lowest BCUT2D eigenvalue weighted by atomic mass is 9.44. The zero-order valence-corrected chi connectivity index (χ0v) is 52.3. The van der Waals surface area contributed by atoms with E-state index in [0.29, 0.717) is 52.3 Å². The van der Waals surface area contributed by atoms with E-state index in [9.17, 15) is 30.6 Å². The van der Waals surface area contributed by atoms with Gasteiger partial charge in [0.25, 0.3) is 0 Å². The summed E-state index contributed by atoms with van der Waals surface area (Å²) in [6.45, 7) is 24.1. The van der Waals surface area contributed by atoms with Crippen LogP contribution in [0.4, 0.5) is 0 Å². The van der Waals surface area contributed by atoms with E-state index in [1.165, 1.54) is 154 Å².